The number of hydrogen-bond donors (Lipinski definition) is 1. The molecule has 2 aromatic rings. The summed E-state index contributed by atoms with van der Waals surface area (Å²) in [5.41, 5.74) is -0.0369. The van der Waals surface area contributed by atoms with Crippen LogP contribution >= 0.6 is 0 Å². The Morgan fingerprint density at radius 1 is 1.29 bits per heavy atom. The van der Waals surface area contributed by atoms with Gasteiger partial charge in [0.05, 0.1) is 10.5 Å². The number of anilines is 1. The number of benzene rings is 1. The van der Waals surface area contributed by atoms with E-state index in [4.69, 9.17) is 4.74 Å². The van der Waals surface area contributed by atoms with Gasteiger partial charge < -0.3 is 14.6 Å². The Bertz CT molecular complexity index is 650. The van der Waals surface area contributed by atoms with Crippen molar-refractivity contribution >= 4 is 23.4 Å². The minimum atomic E-state index is -0.764. The third kappa shape index (κ3) is 3.86. The number of nitro benzene ring substituents is 1. The van der Waals surface area contributed by atoms with Crippen LogP contribution in [-0.4, -0.2) is 28.6 Å². The molecule has 0 aliphatic heterocycles. The molecule has 21 heavy (non-hydrogen) atoms. The van der Waals surface area contributed by atoms with E-state index in [1.165, 1.54) is 36.6 Å². The number of rotatable bonds is 5. The lowest BCUT2D eigenvalue weighted by atomic mass is 10.2. The molecular formula is C12H9N3O6. The van der Waals surface area contributed by atoms with E-state index in [0.29, 0.717) is 0 Å². The maximum Gasteiger partial charge on any atom is 0.338 e. The number of nitrogens with one attached hydrogen (secondary N) is 1. The molecule has 0 radical (unpaired) electrons. The highest BCUT2D eigenvalue weighted by molar-refractivity contribution is 5.95. The summed E-state index contributed by atoms with van der Waals surface area (Å²) < 4.78 is 9.27. The molecule has 0 saturated carbocycles. The average molecular weight is 291 g/mol. The number of aromatic nitrogens is 1. The lowest BCUT2D eigenvalue weighted by Gasteiger charge is -2.04. The number of nitro groups is 1. The Morgan fingerprint density at radius 3 is 2.57 bits per heavy atom. The van der Waals surface area contributed by atoms with Crippen LogP contribution in [0.25, 0.3) is 0 Å². The van der Waals surface area contributed by atoms with Gasteiger partial charge in [-0.3, -0.25) is 14.9 Å². The number of hydrogen-bond acceptors (Lipinski definition) is 7. The summed E-state index contributed by atoms with van der Waals surface area (Å²) in [5.74, 6) is -1.15. The Hall–Kier alpha value is -3.23. The third-order valence-corrected chi connectivity index (χ3v) is 2.35. The van der Waals surface area contributed by atoms with E-state index < -0.39 is 23.4 Å². The summed E-state index contributed by atoms with van der Waals surface area (Å²) in [6.07, 6.45) is 1.28. The fourth-order valence-electron chi connectivity index (χ4n) is 1.39. The second-order valence-electron chi connectivity index (χ2n) is 3.81. The van der Waals surface area contributed by atoms with Gasteiger partial charge in [-0.15, -0.1) is 0 Å². The summed E-state index contributed by atoms with van der Waals surface area (Å²) in [7, 11) is 0. The predicted molar refractivity (Wildman–Crippen MR) is 68.5 cm³/mol. The topological polar surface area (TPSA) is 125 Å². The van der Waals surface area contributed by atoms with Crippen molar-refractivity contribution in [3.8, 4) is 0 Å². The molecule has 0 unspecified atom stereocenters. The Balaban J connectivity index is 1.86. The molecule has 0 aliphatic rings. The second kappa shape index (κ2) is 6.28. The molecule has 2 rings (SSSR count). The first-order valence-electron chi connectivity index (χ1n) is 5.68. The standard InChI is InChI=1S/C12H9N3O6/c16-11(13-10-5-6-21-14-10)7-20-12(17)8-1-3-9(4-2-8)15(18)19/h1-6H,7H2,(H,13,14,16). The lowest BCUT2D eigenvalue weighted by molar-refractivity contribution is -0.384. The van der Waals surface area contributed by atoms with Crippen LogP contribution in [0.3, 0.4) is 0 Å². The molecule has 0 aliphatic carbocycles. The van der Waals surface area contributed by atoms with Gasteiger partial charge in [-0.2, -0.15) is 0 Å². The molecule has 0 saturated heterocycles. The summed E-state index contributed by atoms with van der Waals surface area (Å²) in [5, 5.41) is 16.3. The highest BCUT2D eigenvalue weighted by Crippen LogP contribution is 2.12. The van der Waals surface area contributed by atoms with E-state index >= 15 is 0 Å². The molecule has 1 amide bonds. The van der Waals surface area contributed by atoms with Crippen molar-refractivity contribution in [1.82, 2.24) is 5.16 Å². The maximum absolute atomic E-state index is 11.6. The highest BCUT2D eigenvalue weighted by Gasteiger charge is 2.13. The maximum atomic E-state index is 11.6. The number of ether oxygens (including phenoxy) is 1. The van der Waals surface area contributed by atoms with Gasteiger partial charge in [0.15, 0.2) is 12.4 Å². The van der Waals surface area contributed by atoms with Crippen molar-refractivity contribution < 1.29 is 23.8 Å². The number of carbonyl (C=O) groups is 2. The van der Waals surface area contributed by atoms with Crippen molar-refractivity contribution in [1.29, 1.82) is 0 Å². The first kappa shape index (κ1) is 14.2. The van der Waals surface area contributed by atoms with Gasteiger partial charge in [0, 0.05) is 18.2 Å². The summed E-state index contributed by atoms with van der Waals surface area (Å²) in [4.78, 5) is 32.9. The molecule has 1 aromatic carbocycles. The van der Waals surface area contributed by atoms with Crippen LogP contribution in [0.5, 0.6) is 0 Å². The van der Waals surface area contributed by atoms with Crippen LogP contribution in [0, 0.1) is 10.1 Å². The summed E-state index contributed by atoms with van der Waals surface area (Å²) >= 11 is 0. The molecule has 0 bridgehead atoms. The van der Waals surface area contributed by atoms with Gasteiger partial charge in [-0.1, -0.05) is 5.16 Å². The van der Waals surface area contributed by atoms with Crippen LogP contribution in [0.4, 0.5) is 11.5 Å². The Labute approximate surface area is 117 Å². The molecule has 108 valence electrons. The number of carbonyl (C=O) groups excluding carboxylic acids is 2. The fourth-order valence-corrected chi connectivity index (χ4v) is 1.39. The van der Waals surface area contributed by atoms with E-state index in [2.05, 4.69) is 15.0 Å². The molecule has 9 nitrogen and oxygen atoms in total. The zero-order valence-electron chi connectivity index (χ0n) is 10.5. The lowest BCUT2D eigenvalue weighted by Crippen LogP contribution is -2.21. The first-order chi connectivity index (χ1) is 10.1. The van der Waals surface area contributed by atoms with Crippen LogP contribution < -0.4 is 5.32 Å². The molecular weight excluding hydrogens is 282 g/mol. The van der Waals surface area contributed by atoms with Crippen LogP contribution in [0.15, 0.2) is 41.1 Å². The number of esters is 1. The van der Waals surface area contributed by atoms with Gasteiger partial charge >= 0.3 is 5.97 Å². The molecule has 1 heterocycles. The second-order valence-corrected chi connectivity index (χ2v) is 3.81. The molecule has 0 atom stereocenters. The summed E-state index contributed by atoms with van der Waals surface area (Å²) in [6.45, 7) is -0.511. The number of non-ortho nitro benzene ring substituents is 1. The van der Waals surface area contributed by atoms with Crippen molar-refractivity contribution in [2.24, 2.45) is 0 Å². The van der Waals surface area contributed by atoms with E-state index in [1.54, 1.807) is 0 Å². The zero-order chi connectivity index (χ0) is 15.2. The normalized spacial score (nSPS) is 9.90. The van der Waals surface area contributed by atoms with Gasteiger partial charge in [0.25, 0.3) is 11.6 Å². The van der Waals surface area contributed by atoms with Gasteiger partial charge in [0.2, 0.25) is 0 Å². The quantitative estimate of drug-likeness (QED) is 0.501. The highest BCUT2D eigenvalue weighted by atomic mass is 16.6. The van der Waals surface area contributed by atoms with Crippen molar-refractivity contribution in [3.63, 3.8) is 0 Å². The van der Waals surface area contributed by atoms with E-state index in [9.17, 15) is 19.7 Å². The largest absolute Gasteiger partial charge is 0.452 e. The van der Waals surface area contributed by atoms with Gasteiger partial charge in [0.1, 0.15) is 6.26 Å². The zero-order valence-corrected chi connectivity index (χ0v) is 10.5. The van der Waals surface area contributed by atoms with Gasteiger partial charge in [-0.05, 0) is 12.1 Å². The Morgan fingerprint density at radius 2 is 2.00 bits per heavy atom. The molecule has 1 aromatic heterocycles. The van der Waals surface area contributed by atoms with Crippen molar-refractivity contribution in [2.75, 3.05) is 11.9 Å². The minimum absolute atomic E-state index is 0.106. The SMILES string of the molecule is O=C(COC(=O)c1ccc([N+](=O)[O-])cc1)Nc1ccon1. The number of nitrogens with zero attached hydrogens (tertiary/aromatic N) is 2. The molecule has 0 spiro atoms. The van der Waals surface area contributed by atoms with Crippen LogP contribution in [0.1, 0.15) is 10.4 Å². The van der Waals surface area contributed by atoms with Crippen molar-refractivity contribution in [3.05, 3.63) is 52.3 Å². The van der Waals surface area contributed by atoms with E-state index in [1.807, 2.05) is 0 Å². The minimum Gasteiger partial charge on any atom is -0.452 e. The fraction of sp³-hybridized carbons (Fsp3) is 0.0833. The van der Waals surface area contributed by atoms with E-state index in [0.717, 1.165) is 0 Å². The van der Waals surface area contributed by atoms with Crippen LogP contribution in [-0.2, 0) is 9.53 Å². The monoisotopic (exact) mass is 291 g/mol. The predicted octanol–water partition coefficient (Wildman–Crippen LogP) is 1.38. The van der Waals surface area contributed by atoms with Crippen molar-refractivity contribution in [2.45, 2.75) is 0 Å². The third-order valence-electron chi connectivity index (χ3n) is 2.35. The Kier molecular flexibility index (Phi) is 4.24. The van der Waals surface area contributed by atoms with Gasteiger partial charge in [-0.25, -0.2) is 4.79 Å². The smallest absolute Gasteiger partial charge is 0.338 e. The molecule has 1 N–H and O–H groups in total. The summed E-state index contributed by atoms with van der Waals surface area (Å²) in [6, 6.07) is 6.26. The average Bonchev–Trinajstić information content (AvgIpc) is 2.97. The number of amides is 1. The van der Waals surface area contributed by atoms with E-state index in [-0.39, 0.29) is 17.1 Å². The first-order valence-corrected chi connectivity index (χ1v) is 5.68. The molecule has 0 fully saturated rings. The molecule has 9 heteroatoms. The van der Waals surface area contributed by atoms with Crippen LogP contribution in [0.2, 0.25) is 0 Å².